The average Bonchev–Trinajstić information content (AvgIpc) is 2.47. The van der Waals surface area contributed by atoms with Gasteiger partial charge in [0, 0.05) is 0 Å². The maximum absolute atomic E-state index is 5.98. The molecular formula is C16H27NO3. The molecule has 4 nitrogen and oxygen atoms in total. The van der Waals surface area contributed by atoms with E-state index in [0.717, 1.165) is 23.5 Å². The van der Waals surface area contributed by atoms with Gasteiger partial charge in [-0.05, 0) is 45.0 Å². The number of hydrogen-bond donors (Lipinski definition) is 1. The zero-order valence-corrected chi connectivity index (χ0v) is 13.4. The van der Waals surface area contributed by atoms with Gasteiger partial charge < -0.3 is 19.5 Å². The van der Waals surface area contributed by atoms with Crippen molar-refractivity contribution in [2.75, 3.05) is 27.9 Å². The molecule has 0 aliphatic carbocycles. The molecule has 0 bridgehead atoms. The smallest absolute Gasteiger partial charge is 0.161 e. The van der Waals surface area contributed by atoms with Crippen LogP contribution in [0.3, 0.4) is 0 Å². The van der Waals surface area contributed by atoms with Crippen molar-refractivity contribution < 1.29 is 14.2 Å². The van der Waals surface area contributed by atoms with Gasteiger partial charge in [-0.1, -0.05) is 13.0 Å². The molecule has 0 saturated carbocycles. The lowest BCUT2D eigenvalue weighted by Crippen LogP contribution is -2.30. The fourth-order valence-electron chi connectivity index (χ4n) is 1.83. The molecule has 1 aromatic carbocycles. The van der Waals surface area contributed by atoms with Crippen LogP contribution in [0.25, 0.3) is 0 Å². The van der Waals surface area contributed by atoms with Crippen molar-refractivity contribution >= 4 is 0 Å². The first-order chi connectivity index (χ1) is 9.47. The lowest BCUT2D eigenvalue weighted by Gasteiger charge is -2.27. The van der Waals surface area contributed by atoms with Crippen LogP contribution < -0.4 is 14.8 Å². The molecule has 0 aliphatic rings. The van der Waals surface area contributed by atoms with Gasteiger partial charge in [0.25, 0.3) is 0 Å². The van der Waals surface area contributed by atoms with Gasteiger partial charge in [-0.3, -0.25) is 0 Å². The number of benzene rings is 1. The fourth-order valence-corrected chi connectivity index (χ4v) is 1.83. The molecule has 1 unspecified atom stereocenters. The number of rotatable bonds is 8. The van der Waals surface area contributed by atoms with Crippen molar-refractivity contribution in [2.24, 2.45) is 0 Å². The summed E-state index contributed by atoms with van der Waals surface area (Å²) in [6.45, 7) is 6.96. The SMILES string of the molecule is CCC(C)(C)OCC(NC)c1ccc(OC)c(OC)c1. The summed E-state index contributed by atoms with van der Waals surface area (Å²) in [5.74, 6) is 1.47. The second-order valence-corrected chi connectivity index (χ2v) is 5.38. The molecule has 0 heterocycles. The molecule has 1 atom stereocenters. The number of nitrogens with one attached hydrogen (secondary N) is 1. The van der Waals surface area contributed by atoms with Gasteiger partial charge in [-0.2, -0.15) is 0 Å². The van der Waals surface area contributed by atoms with E-state index in [9.17, 15) is 0 Å². The van der Waals surface area contributed by atoms with Crippen LogP contribution in [0.5, 0.6) is 11.5 Å². The molecule has 4 heteroatoms. The van der Waals surface area contributed by atoms with E-state index in [2.05, 4.69) is 26.1 Å². The van der Waals surface area contributed by atoms with E-state index in [1.165, 1.54) is 0 Å². The van der Waals surface area contributed by atoms with E-state index < -0.39 is 0 Å². The first-order valence-electron chi connectivity index (χ1n) is 7.00. The van der Waals surface area contributed by atoms with Crippen LogP contribution in [0, 0.1) is 0 Å². The van der Waals surface area contributed by atoms with Crippen molar-refractivity contribution in [3.05, 3.63) is 23.8 Å². The van der Waals surface area contributed by atoms with Crippen LogP contribution in [0.1, 0.15) is 38.8 Å². The largest absolute Gasteiger partial charge is 0.493 e. The second-order valence-electron chi connectivity index (χ2n) is 5.38. The second kappa shape index (κ2) is 7.50. The number of hydrogen-bond acceptors (Lipinski definition) is 4. The Morgan fingerprint density at radius 3 is 2.30 bits per heavy atom. The van der Waals surface area contributed by atoms with Gasteiger partial charge in [-0.25, -0.2) is 0 Å². The minimum atomic E-state index is -0.105. The highest BCUT2D eigenvalue weighted by molar-refractivity contribution is 5.43. The number of likely N-dealkylation sites (N-methyl/N-ethyl adjacent to an activating group) is 1. The molecule has 0 fully saturated rings. The summed E-state index contributed by atoms with van der Waals surface area (Å²) in [4.78, 5) is 0. The van der Waals surface area contributed by atoms with Gasteiger partial charge >= 0.3 is 0 Å². The van der Waals surface area contributed by atoms with Crippen LogP contribution in [0.4, 0.5) is 0 Å². The number of ether oxygens (including phenoxy) is 3. The Balaban J connectivity index is 2.84. The normalized spacial score (nSPS) is 13.1. The van der Waals surface area contributed by atoms with Crippen LogP contribution in [0.2, 0.25) is 0 Å². The van der Waals surface area contributed by atoms with Crippen molar-refractivity contribution in [3.63, 3.8) is 0 Å². The maximum atomic E-state index is 5.98. The summed E-state index contributed by atoms with van der Waals surface area (Å²) in [6, 6.07) is 6.07. The van der Waals surface area contributed by atoms with E-state index in [1.807, 2.05) is 25.2 Å². The Bertz CT molecular complexity index is 418. The predicted molar refractivity (Wildman–Crippen MR) is 81.7 cm³/mol. The van der Waals surface area contributed by atoms with Gasteiger partial charge in [0.1, 0.15) is 0 Å². The zero-order valence-electron chi connectivity index (χ0n) is 13.4. The van der Waals surface area contributed by atoms with Crippen molar-refractivity contribution in [3.8, 4) is 11.5 Å². The number of methoxy groups -OCH3 is 2. The first kappa shape index (κ1) is 16.8. The highest BCUT2D eigenvalue weighted by Gasteiger charge is 2.19. The molecule has 0 spiro atoms. The van der Waals surface area contributed by atoms with Crippen LogP contribution >= 0.6 is 0 Å². The quantitative estimate of drug-likeness (QED) is 0.794. The molecular weight excluding hydrogens is 254 g/mol. The van der Waals surface area contributed by atoms with Crippen molar-refractivity contribution in [2.45, 2.75) is 38.8 Å². The van der Waals surface area contributed by atoms with Gasteiger partial charge in [0.15, 0.2) is 11.5 Å². The zero-order chi connectivity index (χ0) is 15.2. The summed E-state index contributed by atoms with van der Waals surface area (Å²) in [6.07, 6.45) is 0.982. The van der Waals surface area contributed by atoms with Crippen LogP contribution in [-0.4, -0.2) is 33.5 Å². The third-order valence-corrected chi connectivity index (χ3v) is 3.65. The third kappa shape index (κ3) is 4.39. The molecule has 0 saturated heterocycles. The van der Waals surface area contributed by atoms with E-state index in [0.29, 0.717) is 6.61 Å². The summed E-state index contributed by atoms with van der Waals surface area (Å²) in [5, 5.41) is 3.28. The Morgan fingerprint density at radius 1 is 1.15 bits per heavy atom. The molecule has 1 rings (SSSR count). The van der Waals surface area contributed by atoms with Gasteiger partial charge in [0.05, 0.1) is 32.5 Å². The summed E-state index contributed by atoms with van der Waals surface area (Å²) < 4.78 is 16.6. The van der Waals surface area contributed by atoms with E-state index in [-0.39, 0.29) is 11.6 Å². The Kier molecular flexibility index (Phi) is 6.30. The molecule has 0 aromatic heterocycles. The fraction of sp³-hybridized carbons (Fsp3) is 0.625. The summed E-state index contributed by atoms with van der Waals surface area (Å²) >= 11 is 0. The highest BCUT2D eigenvalue weighted by atomic mass is 16.5. The molecule has 0 radical (unpaired) electrons. The van der Waals surface area contributed by atoms with Crippen LogP contribution in [-0.2, 0) is 4.74 Å². The van der Waals surface area contributed by atoms with Crippen molar-refractivity contribution in [1.29, 1.82) is 0 Å². The molecule has 114 valence electrons. The summed E-state index contributed by atoms with van der Waals surface area (Å²) in [7, 11) is 5.22. The maximum Gasteiger partial charge on any atom is 0.161 e. The average molecular weight is 281 g/mol. The minimum Gasteiger partial charge on any atom is -0.493 e. The van der Waals surface area contributed by atoms with Gasteiger partial charge in [-0.15, -0.1) is 0 Å². The molecule has 1 N–H and O–H groups in total. The lowest BCUT2D eigenvalue weighted by atomic mass is 10.0. The van der Waals surface area contributed by atoms with Crippen molar-refractivity contribution in [1.82, 2.24) is 5.32 Å². The first-order valence-corrected chi connectivity index (χ1v) is 7.00. The third-order valence-electron chi connectivity index (χ3n) is 3.65. The lowest BCUT2D eigenvalue weighted by molar-refractivity contribution is -0.0300. The predicted octanol–water partition coefficient (Wildman–Crippen LogP) is 3.17. The molecule has 0 aliphatic heterocycles. The summed E-state index contributed by atoms with van der Waals surface area (Å²) in [5.41, 5.74) is 1.02. The Labute approximate surface area is 122 Å². The highest BCUT2D eigenvalue weighted by Crippen LogP contribution is 2.30. The standard InChI is InChI=1S/C16H27NO3/c1-7-16(2,3)20-11-13(17-4)12-8-9-14(18-5)15(10-12)19-6/h8-10,13,17H,7,11H2,1-6H3. The van der Waals surface area contributed by atoms with Gasteiger partial charge in [0.2, 0.25) is 0 Å². The Hall–Kier alpha value is -1.26. The molecule has 0 amide bonds. The topological polar surface area (TPSA) is 39.7 Å². The van der Waals surface area contributed by atoms with E-state index in [4.69, 9.17) is 14.2 Å². The molecule has 20 heavy (non-hydrogen) atoms. The minimum absolute atomic E-state index is 0.105. The van der Waals surface area contributed by atoms with Crippen LogP contribution in [0.15, 0.2) is 18.2 Å². The monoisotopic (exact) mass is 281 g/mol. The molecule has 1 aromatic rings. The Morgan fingerprint density at radius 2 is 1.80 bits per heavy atom. The van der Waals surface area contributed by atoms with E-state index in [1.54, 1.807) is 14.2 Å². The van der Waals surface area contributed by atoms with E-state index >= 15 is 0 Å².